The second-order valence-electron chi connectivity index (χ2n) is 5.44. The molecule has 1 unspecified atom stereocenters. The highest BCUT2D eigenvalue weighted by Gasteiger charge is 2.16. The Hall–Kier alpha value is -2.21. The van der Waals surface area contributed by atoms with Gasteiger partial charge in [0.05, 0.1) is 11.8 Å². The molecule has 1 saturated heterocycles. The molecule has 3 rings (SSSR count). The monoisotopic (exact) mass is 300 g/mol. The zero-order valence-electron chi connectivity index (χ0n) is 12.4. The SMILES string of the molecule is O=C(CCC1CCCCO1)Nc1nncn1-c1ccccc1. The van der Waals surface area contributed by atoms with Crippen molar-refractivity contribution in [3.05, 3.63) is 36.7 Å². The number of rotatable bonds is 5. The Kier molecular flexibility index (Phi) is 4.80. The van der Waals surface area contributed by atoms with E-state index in [-0.39, 0.29) is 12.0 Å². The minimum Gasteiger partial charge on any atom is -0.378 e. The molecule has 2 aromatic rings. The van der Waals surface area contributed by atoms with Crippen molar-refractivity contribution in [2.45, 2.75) is 38.2 Å². The van der Waals surface area contributed by atoms with Crippen molar-refractivity contribution < 1.29 is 9.53 Å². The van der Waals surface area contributed by atoms with Gasteiger partial charge in [-0.05, 0) is 37.8 Å². The lowest BCUT2D eigenvalue weighted by atomic mass is 10.0. The number of nitrogens with zero attached hydrogens (tertiary/aromatic N) is 3. The van der Waals surface area contributed by atoms with E-state index < -0.39 is 0 Å². The fourth-order valence-electron chi connectivity index (χ4n) is 2.61. The van der Waals surface area contributed by atoms with Gasteiger partial charge in [-0.15, -0.1) is 10.2 Å². The number of carbonyl (C=O) groups is 1. The average Bonchev–Trinajstić information content (AvgIpc) is 3.03. The minimum atomic E-state index is -0.0562. The quantitative estimate of drug-likeness (QED) is 0.921. The number of anilines is 1. The Morgan fingerprint density at radius 3 is 2.95 bits per heavy atom. The van der Waals surface area contributed by atoms with Crippen LogP contribution in [0.1, 0.15) is 32.1 Å². The molecular weight excluding hydrogens is 280 g/mol. The van der Waals surface area contributed by atoms with Gasteiger partial charge in [0.2, 0.25) is 11.9 Å². The van der Waals surface area contributed by atoms with Crippen molar-refractivity contribution in [2.24, 2.45) is 0 Å². The van der Waals surface area contributed by atoms with Gasteiger partial charge in [-0.25, -0.2) is 0 Å². The Bertz CT molecular complexity index is 606. The normalized spacial score (nSPS) is 18.1. The van der Waals surface area contributed by atoms with Gasteiger partial charge in [0.25, 0.3) is 0 Å². The van der Waals surface area contributed by atoms with Crippen LogP contribution in [-0.2, 0) is 9.53 Å². The summed E-state index contributed by atoms with van der Waals surface area (Å²) >= 11 is 0. The molecule has 1 fully saturated rings. The van der Waals surface area contributed by atoms with E-state index in [1.54, 1.807) is 10.9 Å². The van der Waals surface area contributed by atoms with Crippen molar-refractivity contribution in [3.63, 3.8) is 0 Å². The van der Waals surface area contributed by atoms with E-state index in [4.69, 9.17) is 4.74 Å². The first-order valence-corrected chi connectivity index (χ1v) is 7.70. The first kappa shape index (κ1) is 14.7. The van der Waals surface area contributed by atoms with Crippen LogP contribution < -0.4 is 5.32 Å². The van der Waals surface area contributed by atoms with Crippen molar-refractivity contribution >= 4 is 11.9 Å². The largest absolute Gasteiger partial charge is 0.378 e. The molecule has 1 amide bonds. The van der Waals surface area contributed by atoms with Crippen LogP contribution in [-0.4, -0.2) is 33.4 Å². The summed E-state index contributed by atoms with van der Waals surface area (Å²) in [7, 11) is 0. The number of ether oxygens (including phenoxy) is 1. The summed E-state index contributed by atoms with van der Waals surface area (Å²) in [5.41, 5.74) is 0.915. The fraction of sp³-hybridized carbons (Fsp3) is 0.438. The number of carbonyl (C=O) groups excluding carboxylic acids is 1. The highest BCUT2D eigenvalue weighted by Crippen LogP contribution is 2.18. The predicted molar refractivity (Wildman–Crippen MR) is 82.8 cm³/mol. The first-order chi connectivity index (χ1) is 10.8. The van der Waals surface area contributed by atoms with E-state index in [2.05, 4.69) is 15.5 Å². The Balaban J connectivity index is 1.57. The molecule has 0 radical (unpaired) electrons. The average molecular weight is 300 g/mol. The highest BCUT2D eigenvalue weighted by molar-refractivity contribution is 5.89. The van der Waals surface area contributed by atoms with Crippen LogP contribution in [0.2, 0.25) is 0 Å². The van der Waals surface area contributed by atoms with Crippen molar-refractivity contribution in [2.75, 3.05) is 11.9 Å². The number of aromatic nitrogens is 3. The van der Waals surface area contributed by atoms with Crippen molar-refractivity contribution in [3.8, 4) is 5.69 Å². The third kappa shape index (κ3) is 3.71. The van der Waals surface area contributed by atoms with E-state index in [0.717, 1.165) is 31.6 Å². The summed E-state index contributed by atoms with van der Waals surface area (Å²) in [5.74, 6) is 0.389. The summed E-state index contributed by atoms with van der Waals surface area (Å²) in [6, 6.07) is 9.68. The van der Waals surface area contributed by atoms with Gasteiger partial charge < -0.3 is 4.74 Å². The molecule has 1 aromatic carbocycles. The first-order valence-electron chi connectivity index (χ1n) is 7.70. The van der Waals surface area contributed by atoms with Gasteiger partial charge in [-0.2, -0.15) is 0 Å². The van der Waals surface area contributed by atoms with Crippen molar-refractivity contribution in [1.82, 2.24) is 14.8 Å². The van der Waals surface area contributed by atoms with Gasteiger partial charge in [-0.1, -0.05) is 18.2 Å². The molecule has 1 aliphatic rings. The van der Waals surface area contributed by atoms with E-state index in [1.165, 1.54) is 6.42 Å². The summed E-state index contributed by atoms with van der Waals surface area (Å²) in [6.45, 7) is 0.814. The Labute approximate surface area is 129 Å². The molecule has 0 spiro atoms. The van der Waals surface area contributed by atoms with Gasteiger partial charge >= 0.3 is 0 Å². The van der Waals surface area contributed by atoms with E-state index in [1.807, 2.05) is 30.3 Å². The van der Waals surface area contributed by atoms with E-state index in [9.17, 15) is 4.79 Å². The molecule has 1 N–H and O–H groups in total. The van der Waals surface area contributed by atoms with Crippen LogP contribution in [0, 0.1) is 0 Å². The maximum absolute atomic E-state index is 12.1. The molecule has 1 aromatic heterocycles. The third-order valence-electron chi connectivity index (χ3n) is 3.80. The lowest BCUT2D eigenvalue weighted by molar-refractivity contribution is -0.117. The number of hydrogen-bond donors (Lipinski definition) is 1. The summed E-state index contributed by atoms with van der Waals surface area (Å²) in [6.07, 6.45) is 6.36. The zero-order chi connectivity index (χ0) is 15.2. The number of nitrogens with one attached hydrogen (secondary N) is 1. The molecule has 2 heterocycles. The van der Waals surface area contributed by atoms with Gasteiger partial charge in [0.15, 0.2) is 0 Å². The lowest BCUT2D eigenvalue weighted by Crippen LogP contribution is -2.22. The molecule has 0 bridgehead atoms. The maximum Gasteiger partial charge on any atom is 0.235 e. The van der Waals surface area contributed by atoms with Crippen molar-refractivity contribution in [1.29, 1.82) is 0 Å². The minimum absolute atomic E-state index is 0.0562. The van der Waals surface area contributed by atoms with Crippen LogP contribution in [0.4, 0.5) is 5.95 Å². The molecule has 1 atom stereocenters. The highest BCUT2D eigenvalue weighted by atomic mass is 16.5. The van der Waals surface area contributed by atoms with Crippen LogP contribution in [0.5, 0.6) is 0 Å². The number of benzene rings is 1. The van der Waals surface area contributed by atoms with Crippen LogP contribution in [0.15, 0.2) is 36.7 Å². The fourth-order valence-corrected chi connectivity index (χ4v) is 2.61. The molecule has 0 aliphatic carbocycles. The Morgan fingerprint density at radius 2 is 2.18 bits per heavy atom. The molecule has 6 nitrogen and oxygen atoms in total. The third-order valence-corrected chi connectivity index (χ3v) is 3.80. The lowest BCUT2D eigenvalue weighted by Gasteiger charge is -2.22. The number of hydrogen-bond acceptors (Lipinski definition) is 4. The molecule has 6 heteroatoms. The van der Waals surface area contributed by atoms with Gasteiger partial charge in [0.1, 0.15) is 6.33 Å². The molecule has 22 heavy (non-hydrogen) atoms. The maximum atomic E-state index is 12.1. The van der Waals surface area contributed by atoms with E-state index >= 15 is 0 Å². The number of para-hydroxylation sites is 1. The van der Waals surface area contributed by atoms with Crippen LogP contribution >= 0.6 is 0 Å². The smallest absolute Gasteiger partial charge is 0.235 e. The molecule has 116 valence electrons. The Morgan fingerprint density at radius 1 is 1.32 bits per heavy atom. The molecule has 0 saturated carbocycles. The summed E-state index contributed by atoms with van der Waals surface area (Å²) in [4.78, 5) is 12.1. The standard InChI is InChI=1S/C16H20N4O2/c21-15(10-9-14-8-4-5-11-22-14)18-16-19-17-12-20(16)13-6-2-1-3-7-13/h1-3,6-7,12,14H,4-5,8-11H2,(H,18,19,21). The van der Waals surface area contributed by atoms with E-state index in [0.29, 0.717) is 12.4 Å². The zero-order valence-corrected chi connectivity index (χ0v) is 12.4. The summed E-state index contributed by atoms with van der Waals surface area (Å²) in [5, 5.41) is 10.7. The number of amides is 1. The topological polar surface area (TPSA) is 69.0 Å². The van der Waals surface area contributed by atoms with Crippen LogP contribution in [0.25, 0.3) is 5.69 Å². The summed E-state index contributed by atoms with van der Waals surface area (Å²) < 4.78 is 7.40. The van der Waals surface area contributed by atoms with Gasteiger partial charge in [0, 0.05) is 13.0 Å². The second-order valence-corrected chi connectivity index (χ2v) is 5.44. The predicted octanol–water partition coefficient (Wildman–Crippen LogP) is 2.56. The second kappa shape index (κ2) is 7.17. The van der Waals surface area contributed by atoms with Gasteiger partial charge in [-0.3, -0.25) is 14.7 Å². The van der Waals surface area contributed by atoms with Crippen LogP contribution in [0.3, 0.4) is 0 Å². The molecular formula is C16H20N4O2. The molecule has 1 aliphatic heterocycles.